The van der Waals surface area contributed by atoms with Crippen LogP contribution in [-0.4, -0.2) is 17.7 Å². The van der Waals surface area contributed by atoms with Crippen molar-refractivity contribution < 1.29 is 19.4 Å². The summed E-state index contributed by atoms with van der Waals surface area (Å²) in [6.07, 6.45) is 3.14. The van der Waals surface area contributed by atoms with Crippen molar-refractivity contribution in [3.63, 3.8) is 0 Å². The molecule has 92 valence electrons. The van der Waals surface area contributed by atoms with E-state index in [9.17, 15) is 10.0 Å². The van der Waals surface area contributed by atoms with Crippen LogP contribution in [0, 0.1) is 5.21 Å². The lowest BCUT2D eigenvalue weighted by atomic mass is 9.92. The summed E-state index contributed by atoms with van der Waals surface area (Å²) in [7, 11) is 0. The van der Waals surface area contributed by atoms with Crippen molar-refractivity contribution in [1.29, 1.82) is 0 Å². The molecule has 1 aliphatic carbocycles. The molecule has 5 heteroatoms. The van der Waals surface area contributed by atoms with E-state index in [4.69, 9.17) is 9.84 Å². The van der Waals surface area contributed by atoms with Gasteiger partial charge in [-0.05, 0) is 26.2 Å². The van der Waals surface area contributed by atoms with Gasteiger partial charge in [0, 0.05) is 12.0 Å². The Morgan fingerprint density at radius 3 is 2.88 bits per heavy atom. The fourth-order valence-corrected chi connectivity index (χ4v) is 2.24. The van der Waals surface area contributed by atoms with Crippen molar-refractivity contribution in [3.8, 4) is 5.88 Å². The lowest BCUT2D eigenvalue weighted by Crippen LogP contribution is -2.38. The Balaban J connectivity index is 2.59. The van der Waals surface area contributed by atoms with Crippen LogP contribution in [0.15, 0.2) is 6.07 Å². The van der Waals surface area contributed by atoms with Gasteiger partial charge in [0.15, 0.2) is 0 Å². The van der Waals surface area contributed by atoms with Gasteiger partial charge in [0.2, 0.25) is 5.69 Å². The molecule has 0 saturated carbocycles. The standard InChI is InChI=1S/C12H15NO4/c1-2-17-11-7-9(12(14)15)8-5-3-4-6-10(8)13(11)16/h7H,2-6H2,1H3,(H,14,15). The second kappa shape index (κ2) is 4.61. The molecule has 0 unspecified atom stereocenters. The minimum Gasteiger partial charge on any atom is -0.616 e. The predicted octanol–water partition coefficient (Wildman–Crippen LogP) is 1.30. The van der Waals surface area contributed by atoms with Crippen molar-refractivity contribution in [2.24, 2.45) is 0 Å². The van der Waals surface area contributed by atoms with E-state index in [1.807, 2.05) is 0 Å². The van der Waals surface area contributed by atoms with E-state index in [-0.39, 0.29) is 11.4 Å². The molecule has 1 heterocycles. The SMILES string of the molecule is CCOc1cc(C(=O)O)c2c([n+]1[O-])CCCC2. The van der Waals surface area contributed by atoms with Crippen LogP contribution in [0.2, 0.25) is 0 Å². The second-order valence-corrected chi connectivity index (χ2v) is 4.06. The molecule has 1 aliphatic rings. The Hall–Kier alpha value is -1.78. The van der Waals surface area contributed by atoms with Crippen molar-refractivity contribution in [2.75, 3.05) is 6.61 Å². The Labute approximate surface area is 99.2 Å². The molecule has 0 saturated heterocycles. The van der Waals surface area contributed by atoms with Gasteiger partial charge in [-0.3, -0.25) is 0 Å². The number of carbonyl (C=O) groups is 1. The summed E-state index contributed by atoms with van der Waals surface area (Å²) >= 11 is 0. The van der Waals surface area contributed by atoms with Crippen LogP contribution in [0.3, 0.4) is 0 Å². The summed E-state index contributed by atoms with van der Waals surface area (Å²) in [6, 6.07) is 1.34. The summed E-state index contributed by atoms with van der Waals surface area (Å²) in [6.45, 7) is 2.11. The van der Waals surface area contributed by atoms with Gasteiger partial charge < -0.3 is 15.1 Å². The number of fused-ring (bicyclic) bond motifs is 1. The highest BCUT2D eigenvalue weighted by Gasteiger charge is 2.27. The monoisotopic (exact) mass is 237 g/mol. The van der Waals surface area contributed by atoms with E-state index < -0.39 is 5.97 Å². The number of hydrogen-bond donors (Lipinski definition) is 1. The van der Waals surface area contributed by atoms with E-state index in [2.05, 4.69) is 0 Å². The molecule has 17 heavy (non-hydrogen) atoms. The third-order valence-electron chi connectivity index (χ3n) is 3.00. The van der Waals surface area contributed by atoms with Crippen LogP contribution < -0.4 is 9.47 Å². The summed E-state index contributed by atoms with van der Waals surface area (Å²) in [5.74, 6) is -0.907. The zero-order valence-corrected chi connectivity index (χ0v) is 9.73. The molecule has 0 aromatic carbocycles. The normalized spacial score (nSPS) is 14.2. The molecule has 1 aromatic heterocycles. The number of aromatic carboxylic acids is 1. The maximum atomic E-state index is 12.0. The van der Waals surface area contributed by atoms with Gasteiger partial charge in [0.05, 0.1) is 18.2 Å². The summed E-state index contributed by atoms with van der Waals surface area (Å²) < 4.78 is 5.92. The average molecular weight is 237 g/mol. The Kier molecular flexibility index (Phi) is 3.17. The van der Waals surface area contributed by atoms with Crippen molar-refractivity contribution in [1.82, 2.24) is 0 Å². The number of rotatable bonds is 3. The largest absolute Gasteiger partial charge is 0.616 e. The first kappa shape index (κ1) is 11.7. The number of aromatic nitrogens is 1. The van der Waals surface area contributed by atoms with E-state index >= 15 is 0 Å². The van der Waals surface area contributed by atoms with Gasteiger partial charge >= 0.3 is 11.8 Å². The van der Waals surface area contributed by atoms with Gasteiger partial charge in [0.25, 0.3) is 0 Å². The van der Waals surface area contributed by atoms with Crippen LogP contribution in [0.25, 0.3) is 0 Å². The lowest BCUT2D eigenvalue weighted by molar-refractivity contribution is -0.622. The average Bonchev–Trinajstić information content (AvgIpc) is 2.32. The van der Waals surface area contributed by atoms with Gasteiger partial charge in [-0.15, -0.1) is 4.73 Å². The molecule has 0 spiro atoms. The molecule has 5 nitrogen and oxygen atoms in total. The van der Waals surface area contributed by atoms with Gasteiger partial charge in [-0.25, -0.2) is 4.79 Å². The molecule has 0 fully saturated rings. The molecular formula is C12H15NO4. The van der Waals surface area contributed by atoms with E-state index in [0.717, 1.165) is 17.6 Å². The maximum Gasteiger partial charge on any atom is 0.380 e. The highest BCUT2D eigenvalue weighted by atomic mass is 16.5. The fourth-order valence-electron chi connectivity index (χ4n) is 2.24. The first-order chi connectivity index (χ1) is 8.15. The van der Waals surface area contributed by atoms with Crippen molar-refractivity contribution in [2.45, 2.75) is 32.6 Å². The predicted molar refractivity (Wildman–Crippen MR) is 60.2 cm³/mol. The molecule has 0 atom stereocenters. The minimum absolute atomic E-state index is 0.0885. The van der Waals surface area contributed by atoms with Crippen LogP contribution in [-0.2, 0) is 12.8 Å². The number of carboxylic acid groups (broad SMARTS) is 1. The number of nitrogens with zero attached hydrogens (tertiary/aromatic N) is 1. The summed E-state index contributed by atoms with van der Waals surface area (Å²) in [5, 5.41) is 21.1. The van der Waals surface area contributed by atoms with Crippen LogP contribution in [0.4, 0.5) is 0 Å². The molecule has 1 N–H and O–H groups in total. The first-order valence-electron chi connectivity index (χ1n) is 5.79. The smallest absolute Gasteiger partial charge is 0.380 e. The third-order valence-corrected chi connectivity index (χ3v) is 3.00. The van der Waals surface area contributed by atoms with Gasteiger partial charge in [-0.2, -0.15) is 0 Å². The second-order valence-electron chi connectivity index (χ2n) is 4.06. The maximum absolute atomic E-state index is 12.0. The van der Waals surface area contributed by atoms with Crippen molar-refractivity contribution >= 4 is 5.97 Å². The van der Waals surface area contributed by atoms with E-state index in [0.29, 0.717) is 30.7 Å². The summed E-state index contributed by atoms with van der Waals surface area (Å²) in [5.41, 5.74) is 1.43. The molecule has 0 radical (unpaired) electrons. The molecule has 0 bridgehead atoms. The molecule has 1 aromatic rings. The van der Waals surface area contributed by atoms with Gasteiger partial charge in [-0.1, -0.05) is 0 Å². The van der Waals surface area contributed by atoms with Crippen LogP contribution in [0.1, 0.15) is 41.4 Å². The van der Waals surface area contributed by atoms with Crippen molar-refractivity contribution in [3.05, 3.63) is 28.1 Å². The zero-order valence-electron chi connectivity index (χ0n) is 9.73. The number of hydrogen-bond acceptors (Lipinski definition) is 3. The number of carboxylic acids is 1. The van der Waals surface area contributed by atoms with Crippen LogP contribution in [0.5, 0.6) is 5.88 Å². The highest BCUT2D eigenvalue weighted by Crippen LogP contribution is 2.25. The highest BCUT2D eigenvalue weighted by molar-refractivity contribution is 5.89. The minimum atomic E-state index is -0.996. The quantitative estimate of drug-likeness (QED) is 0.635. The molecule has 0 amide bonds. The Morgan fingerprint density at radius 1 is 1.53 bits per heavy atom. The van der Waals surface area contributed by atoms with Gasteiger partial charge in [0.1, 0.15) is 0 Å². The molecule has 2 rings (SSSR count). The lowest BCUT2D eigenvalue weighted by Gasteiger charge is -2.18. The van der Waals surface area contributed by atoms with Crippen LogP contribution >= 0.6 is 0 Å². The third kappa shape index (κ3) is 2.05. The number of pyridine rings is 1. The first-order valence-corrected chi connectivity index (χ1v) is 5.79. The molecule has 0 aliphatic heterocycles. The Bertz CT molecular complexity index is 456. The Morgan fingerprint density at radius 2 is 2.24 bits per heavy atom. The topological polar surface area (TPSA) is 73.5 Å². The fraction of sp³-hybridized carbons (Fsp3) is 0.500. The zero-order chi connectivity index (χ0) is 12.4. The summed E-state index contributed by atoms with van der Waals surface area (Å²) in [4.78, 5) is 11.2. The number of ether oxygens (including phenoxy) is 1. The van der Waals surface area contributed by atoms with E-state index in [1.54, 1.807) is 6.92 Å². The molecular weight excluding hydrogens is 222 g/mol. The van der Waals surface area contributed by atoms with E-state index in [1.165, 1.54) is 6.07 Å².